The molecule has 1 nitrogen and oxygen atoms in total. The van der Waals surface area contributed by atoms with E-state index in [1.807, 2.05) is 6.07 Å². The van der Waals surface area contributed by atoms with Gasteiger partial charge < -0.3 is 5.32 Å². The fourth-order valence-electron chi connectivity index (χ4n) is 2.18. The first kappa shape index (κ1) is 12.7. The summed E-state index contributed by atoms with van der Waals surface area (Å²) < 4.78 is 13.9. The Morgan fingerprint density at radius 3 is 2.74 bits per heavy atom. The monoisotopic (exact) mass is 319 g/mol. The fraction of sp³-hybridized carbons (Fsp3) is 0.250. The van der Waals surface area contributed by atoms with Gasteiger partial charge in [0.1, 0.15) is 5.82 Å². The normalized spacial score (nSPS) is 14.4. The Morgan fingerprint density at radius 1 is 1.16 bits per heavy atom. The summed E-state index contributed by atoms with van der Waals surface area (Å²) in [7, 11) is 0. The standard InChI is InChI=1S/C16H15BrFN/c17-15-7-6-14(9-16(15)18)19-10-11-2-1-3-13(8-11)12-4-5-12/h1-3,6-9,12,19H,4-5,10H2. The minimum atomic E-state index is -0.239. The van der Waals surface area contributed by atoms with Gasteiger partial charge in [-0.05, 0) is 64.0 Å². The van der Waals surface area contributed by atoms with Crippen molar-refractivity contribution in [1.29, 1.82) is 0 Å². The van der Waals surface area contributed by atoms with Gasteiger partial charge in [0, 0.05) is 12.2 Å². The van der Waals surface area contributed by atoms with Gasteiger partial charge in [-0.25, -0.2) is 4.39 Å². The second-order valence-corrected chi connectivity index (χ2v) is 5.86. The molecule has 98 valence electrons. The van der Waals surface area contributed by atoms with Crippen molar-refractivity contribution in [3.8, 4) is 0 Å². The molecule has 0 aromatic heterocycles. The van der Waals surface area contributed by atoms with Crippen LogP contribution in [0.4, 0.5) is 10.1 Å². The maximum Gasteiger partial charge on any atom is 0.139 e. The van der Waals surface area contributed by atoms with Gasteiger partial charge in [-0.3, -0.25) is 0 Å². The maximum atomic E-state index is 13.4. The Kier molecular flexibility index (Phi) is 3.56. The van der Waals surface area contributed by atoms with E-state index in [1.165, 1.54) is 30.0 Å². The highest BCUT2D eigenvalue weighted by Crippen LogP contribution is 2.40. The first-order valence-electron chi connectivity index (χ1n) is 6.50. The molecule has 1 aliphatic rings. The number of hydrogen-bond donors (Lipinski definition) is 1. The molecule has 3 rings (SSSR count). The molecule has 1 N–H and O–H groups in total. The van der Waals surface area contributed by atoms with E-state index in [4.69, 9.17) is 0 Å². The summed E-state index contributed by atoms with van der Waals surface area (Å²) in [4.78, 5) is 0. The molecule has 1 fully saturated rings. The largest absolute Gasteiger partial charge is 0.381 e. The lowest BCUT2D eigenvalue weighted by Crippen LogP contribution is -2.00. The molecule has 0 amide bonds. The average Bonchev–Trinajstić information content (AvgIpc) is 3.25. The van der Waals surface area contributed by atoms with Gasteiger partial charge in [0.25, 0.3) is 0 Å². The first-order chi connectivity index (χ1) is 9.22. The molecular formula is C16H15BrFN. The minimum Gasteiger partial charge on any atom is -0.381 e. The van der Waals surface area contributed by atoms with Gasteiger partial charge in [-0.2, -0.15) is 0 Å². The molecule has 3 heteroatoms. The Hall–Kier alpha value is -1.35. The van der Waals surface area contributed by atoms with Crippen LogP contribution in [0.5, 0.6) is 0 Å². The van der Waals surface area contributed by atoms with Gasteiger partial charge in [0.05, 0.1) is 4.47 Å². The van der Waals surface area contributed by atoms with Crippen LogP contribution in [0.2, 0.25) is 0 Å². The van der Waals surface area contributed by atoms with Crippen molar-refractivity contribution in [3.63, 3.8) is 0 Å². The van der Waals surface area contributed by atoms with E-state index in [9.17, 15) is 4.39 Å². The summed E-state index contributed by atoms with van der Waals surface area (Å²) in [5.74, 6) is 0.529. The summed E-state index contributed by atoms with van der Waals surface area (Å²) >= 11 is 3.15. The molecule has 2 aromatic rings. The Bertz CT molecular complexity index is 593. The van der Waals surface area contributed by atoms with E-state index >= 15 is 0 Å². The van der Waals surface area contributed by atoms with Crippen molar-refractivity contribution < 1.29 is 4.39 Å². The summed E-state index contributed by atoms with van der Waals surface area (Å²) in [5, 5.41) is 3.25. The van der Waals surface area contributed by atoms with Crippen LogP contribution in [-0.4, -0.2) is 0 Å². The molecule has 1 saturated carbocycles. The maximum absolute atomic E-state index is 13.4. The van der Waals surface area contributed by atoms with Crippen LogP contribution in [-0.2, 0) is 6.54 Å². The number of anilines is 1. The van der Waals surface area contributed by atoms with E-state index in [-0.39, 0.29) is 5.82 Å². The van der Waals surface area contributed by atoms with Crippen molar-refractivity contribution in [2.75, 3.05) is 5.32 Å². The van der Waals surface area contributed by atoms with Crippen LogP contribution in [0.25, 0.3) is 0 Å². The third-order valence-electron chi connectivity index (χ3n) is 3.42. The number of hydrogen-bond acceptors (Lipinski definition) is 1. The van der Waals surface area contributed by atoms with Crippen LogP contribution in [0.1, 0.15) is 29.9 Å². The fourth-order valence-corrected chi connectivity index (χ4v) is 2.43. The van der Waals surface area contributed by atoms with Crippen molar-refractivity contribution in [2.24, 2.45) is 0 Å². The van der Waals surface area contributed by atoms with Gasteiger partial charge in [-0.1, -0.05) is 24.3 Å². The molecule has 0 bridgehead atoms. The van der Waals surface area contributed by atoms with Crippen LogP contribution >= 0.6 is 15.9 Å². The summed E-state index contributed by atoms with van der Waals surface area (Å²) in [6, 6.07) is 13.8. The third-order valence-corrected chi connectivity index (χ3v) is 4.06. The van der Waals surface area contributed by atoms with Crippen LogP contribution in [0.15, 0.2) is 46.9 Å². The topological polar surface area (TPSA) is 12.0 Å². The first-order valence-corrected chi connectivity index (χ1v) is 7.29. The lowest BCUT2D eigenvalue weighted by Gasteiger charge is -2.08. The summed E-state index contributed by atoms with van der Waals surface area (Å²) in [6.45, 7) is 0.724. The molecule has 19 heavy (non-hydrogen) atoms. The zero-order valence-corrected chi connectivity index (χ0v) is 12.1. The Labute approximate surface area is 121 Å². The molecule has 0 aliphatic heterocycles. The molecule has 0 heterocycles. The van der Waals surface area contributed by atoms with Gasteiger partial charge >= 0.3 is 0 Å². The second-order valence-electron chi connectivity index (χ2n) is 5.00. The highest BCUT2D eigenvalue weighted by atomic mass is 79.9. The molecular weight excluding hydrogens is 305 g/mol. The van der Waals surface area contributed by atoms with Gasteiger partial charge in [0.15, 0.2) is 0 Å². The van der Waals surface area contributed by atoms with Crippen LogP contribution < -0.4 is 5.32 Å². The van der Waals surface area contributed by atoms with E-state index in [2.05, 4.69) is 45.5 Å². The van der Waals surface area contributed by atoms with Crippen molar-refractivity contribution >= 4 is 21.6 Å². The molecule has 0 saturated heterocycles. The number of rotatable bonds is 4. The molecule has 0 radical (unpaired) electrons. The zero-order chi connectivity index (χ0) is 13.2. The van der Waals surface area contributed by atoms with Crippen molar-refractivity contribution in [3.05, 3.63) is 63.9 Å². The number of nitrogens with one attached hydrogen (secondary N) is 1. The quantitative estimate of drug-likeness (QED) is 0.828. The molecule has 0 unspecified atom stereocenters. The number of halogens is 2. The van der Waals surface area contributed by atoms with Crippen molar-refractivity contribution in [1.82, 2.24) is 0 Å². The minimum absolute atomic E-state index is 0.239. The molecule has 1 aliphatic carbocycles. The van der Waals surface area contributed by atoms with Crippen LogP contribution in [0, 0.1) is 5.82 Å². The molecule has 0 spiro atoms. The van der Waals surface area contributed by atoms with Gasteiger partial charge in [0.2, 0.25) is 0 Å². The van der Waals surface area contributed by atoms with Crippen LogP contribution in [0.3, 0.4) is 0 Å². The van der Waals surface area contributed by atoms with Crippen molar-refractivity contribution in [2.45, 2.75) is 25.3 Å². The average molecular weight is 320 g/mol. The zero-order valence-electron chi connectivity index (χ0n) is 10.5. The van der Waals surface area contributed by atoms with E-state index in [0.29, 0.717) is 4.47 Å². The lowest BCUT2D eigenvalue weighted by atomic mass is 10.1. The molecule has 0 atom stereocenters. The van der Waals surface area contributed by atoms with E-state index in [1.54, 1.807) is 6.07 Å². The summed E-state index contributed by atoms with van der Waals surface area (Å²) in [5.41, 5.74) is 3.48. The van der Waals surface area contributed by atoms with E-state index in [0.717, 1.165) is 18.2 Å². The summed E-state index contributed by atoms with van der Waals surface area (Å²) in [6.07, 6.45) is 2.63. The van der Waals surface area contributed by atoms with E-state index < -0.39 is 0 Å². The molecule has 2 aromatic carbocycles. The predicted molar refractivity (Wildman–Crippen MR) is 79.8 cm³/mol. The highest BCUT2D eigenvalue weighted by Gasteiger charge is 2.23. The smallest absolute Gasteiger partial charge is 0.139 e. The number of benzene rings is 2. The Balaban J connectivity index is 1.68. The Morgan fingerprint density at radius 2 is 2.00 bits per heavy atom. The lowest BCUT2D eigenvalue weighted by molar-refractivity contribution is 0.621. The SMILES string of the molecule is Fc1cc(NCc2cccc(C3CC3)c2)ccc1Br. The predicted octanol–water partition coefficient (Wildman–Crippen LogP) is 5.08. The van der Waals surface area contributed by atoms with Gasteiger partial charge in [-0.15, -0.1) is 0 Å². The second kappa shape index (κ2) is 5.33. The highest BCUT2D eigenvalue weighted by molar-refractivity contribution is 9.10. The third kappa shape index (κ3) is 3.16.